The van der Waals surface area contributed by atoms with Crippen molar-refractivity contribution in [3.05, 3.63) is 33.8 Å². The number of carbonyl (C=O) groups excluding carboxylic acids is 1. The molecular formula is C18H24Cl2N2O. The first kappa shape index (κ1) is 17.1. The number of nitrogens with one attached hydrogen (secondary N) is 1. The quantitative estimate of drug-likeness (QED) is 0.874. The number of nitrogens with zero attached hydrogens (tertiary/aromatic N) is 1. The summed E-state index contributed by atoms with van der Waals surface area (Å²) in [5.74, 6) is 0.0159. The molecule has 1 heterocycles. The van der Waals surface area contributed by atoms with Gasteiger partial charge in [0.05, 0.1) is 15.6 Å². The molecule has 5 heteroatoms. The fourth-order valence-electron chi connectivity index (χ4n) is 4.34. The van der Waals surface area contributed by atoms with E-state index < -0.39 is 0 Å². The monoisotopic (exact) mass is 354 g/mol. The molecule has 2 fully saturated rings. The summed E-state index contributed by atoms with van der Waals surface area (Å²) < 4.78 is 0. The summed E-state index contributed by atoms with van der Waals surface area (Å²) in [5.41, 5.74) is 0.724. The van der Waals surface area contributed by atoms with Gasteiger partial charge in [0.15, 0.2) is 0 Å². The van der Waals surface area contributed by atoms with E-state index in [1.807, 2.05) is 18.2 Å². The lowest BCUT2D eigenvalue weighted by Gasteiger charge is -2.49. The summed E-state index contributed by atoms with van der Waals surface area (Å²) in [6, 6.07) is 6.14. The Kier molecular flexibility index (Phi) is 5.19. The molecule has 2 atom stereocenters. The lowest BCUT2D eigenvalue weighted by Crippen LogP contribution is -2.60. The van der Waals surface area contributed by atoms with Crippen LogP contribution in [0.1, 0.15) is 51.0 Å². The zero-order valence-electron chi connectivity index (χ0n) is 13.6. The third-order valence-corrected chi connectivity index (χ3v) is 6.02. The zero-order valence-corrected chi connectivity index (χ0v) is 15.1. The third kappa shape index (κ3) is 3.38. The number of carbonyl (C=O) groups is 1. The first-order valence-electron chi connectivity index (χ1n) is 8.51. The summed E-state index contributed by atoms with van der Waals surface area (Å²) in [7, 11) is 0. The van der Waals surface area contributed by atoms with Gasteiger partial charge in [-0.15, -0.1) is 0 Å². The van der Waals surface area contributed by atoms with Crippen LogP contribution in [-0.2, 0) is 10.3 Å². The summed E-state index contributed by atoms with van der Waals surface area (Å²) in [6.07, 6.45) is 6.88. The van der Waals surface area contributed by atoms with Crippen LogP contribution in [0.3, 0.4) is 0 Å². The van der Waals surface area contributed by atoms with Crippen molar-refractivity contribution < 1.29 is 4.79 Å². The van der Waals surface area contributed by atoms with Gasteiger partial charge in [0.1, 0.15) is 0 Å². The molecule has 0 unspecified atom stereocenters. The van der Waals surface area contributed by atoms with Crippen LogP contribution in [0.25, 0.3) is 0 Å². The first-order valence-corrected chi connectivity index (χ1v) is 9.27. The Morgan fingerprint density at radius 1 is 1.17 bits per heavy atom. The Balaban J connectivity index is 2.05. The molecule has 0 bridgehead atoms. The predicted molar refractivity (Wildman–Crippen MR) is 95.0 cm³/mol. The van der Waals surface area contributed by atoms with Crippen LogP contribution in [0.15, 0.2) is 18.2 Å². The van der Waals surface area contributed by atoms with Gasteiger partial charge in [-0.05, 0) is 56.5 Å². The Morgan fingerprint density at radius 3 is 2.57 bits per heavy atom. The number of likely N-dealkylation sites (tertiary alicyclic amines) is 1. The zero-order chi connectivity index (χ0) is 16.4. The van der Waals surface area contributed by atoms with Gasteiger partial charge in [0, 0.05) is 13.0 Å². The molecule has 126 valence electrons. The van der Waals surface area contributed by atoms with Crippen molar-refractivity contribution in [2.45, 2.75) is 57.0 Å². The normalized spacial score (nSPS) is 28.7. The Morgan fingerprint density at radius 2 is 1.91 bits per heavy atom. The van der Waals surface area contributed by atoms with Crippen molar-refractivity contribution in [3.63, 3.8) is 0 Å². The molecule has 0 radical (unpaired) electrons. The van der Waals surface area contributed by atoms with Crippen molar-refractivity contribution in [3.8, 4) is 0 Å². The van der Waals surface area contributed by atoms with E-state index in [2.05, 4.69) is 10.2 Å². The molecule has 1 amide bonds. The summed E-state index contributed by atoms with van der Waals surface area (Å²) in [4.78, 5) is 14.6. The molecule has 1 aliphatic carbocycles. The highest BCUT2D eigenvalue weighted by atomic mass is 35.5. The van der Waals surface area contributed by atoms with Gasteiger partial charge in [0.2, 0.25) is 5.91 Å². The lowest BCUT2D eigenvalue weighted by molar-refractivity contribution is -0.122. The average molecular weight is 355 g/mol. The SMILES string of the molecule is CC(=O)N[C@@]1(c2ccc(Cl)c(Cl)c2)CCCC[C@@H]1N1CCCC1. The molecule has 1 aromatic rings. The van der Waals surface area contributed by atoms with Crippen LogP contribution in [0, 0.1) is 0 Å². The molecule has 2 aliphatic rings. The number of rotatable bonds is 3. The minimum Gasteiger partial charge on any atom is -0.345 e. The second-order valence-electron chi connectivity index (χ2n) is 6.79. The van der Waals surface area contributed by atoms with Gasteiger partial charge in [0.25, 0.3) is 0 Å². The van der Waals surface area contributed by atoms with Crippen LogP contribution >= 0.6 is 23.2 Å². The number of hydrogen-bond acceptors (Lipinski definition) is 2. The molecule has 0 aromatic heterocycles. The molecule has 1 saturated heterocycles. The number of halogens is 2. The molecular weight excluding hydrogens is 331 g/mol. The highest BCUT2D eigenvalue weighted by molar-refractivity contribution is 6.42. The summed E-state index contributed by atoms with van der Waals surface area (Å²) >= 11 is 12.4. The third-order valence-electron chi connectivity index (χ3n) is 5.28. The number of amides is 1. The van der Waals surface area contributed by atoms with Crippen molar-refractivity contribution in [2.24, 2.45) is 0 Å². The number of benzene rings is 1. The highest BCUT2D eigenvalue weighted by Gasteiger charge is 2.46. The summed E-state index contributed by atoms with van der Waals surface area (Å²) in [5, 5.41) is 4.42. The van der Waals surface area contributed by atoms with E-state index in [1.54, 1.807) is 6.92 Å². The first-order chi connectivity index (χ1) is 11.0. The smallest absolute Gasteiger partial charge is 0.217 e. The minimum atomic E-state index is -0.358. The lowest BCUT2D eigenvalue weighted by atomic mass is 9.72. The fourth-order valence-corrected chi connectivity index (χ4v) is 4.64. The van der Waals surface area contributed by atoms with Gasteiger partial charge in [-0.25, -0.2) is 0 Å². The Hall–Kier alpha value is -0.770. The minimum absolute atomic E-state index is 0.0159. The molecule has 1 N–H and O–H groups in total. The standard InChI is InChI=1S/C18H24Cl2N2O/c1-13(23)21-18(14-7-8-15(19)16(20)12-14)9-3-2-6-17(18)22-10-4-5-11-22/h7-8,12,17H,2-6,9-11H2,1H3,(H,21,23)/t17-,18+/m0/s1. The topological polar surface area (TPSA) is 32.3 Å². The van der Waals surface area contributed by atoms with Crippen LogP contribution < -0.4 is 5.32 Å². The summed E-state index contributed by atoms with van der Waals surface area (Å²) in [6.45, 7) is 3.84. The molecule has 23 heavy (non-hydrogen) atoms. The van der Waals surface area contributed by atoms with E-state index in [0.717, 1.165) is 37.9 Å². The molecule has 1 aromatic carbocycles. The Bertz CT molecular complexity index is 586. The van der Waals surface area contributed by atoms with E-state index in [-0.39, 0.29) is 11.4 Å². The molecule has 1 saturated carbocycles. The van der Waals surface area contributed by atoms with E-state index in [0.29, 0.717) is 16.1 Å². The Labute approximate surface area is 148 Å². The van der Waals surface area contributed by atoms with Crippen molar-refractivity contribution in [2.75, 3.05) is 13.1 Å². The van der Waals surface area contributed by atoms with Gasteiger partial charge in [-0.3, -0.25) is 9.69 Å². The van der Waals surface area contributed by atoms with Gasteiger partial charge >= 0.3 is 0 Å². The largest absolute Gasteiger partial charge is 0.345 e. The van der Waals surface area contributed by atoms with E-state index in [9.17, 15) is 4.79 Å². The molecule has 1 aliphatic heterocycles. The molecule has 3 rings (SSSR count). The van der Waals surface area contributed by atoms with Gasteiger partial charge in [-0.2, -0.15) is 0 Å². The van der Waals surface area contributed by atoms with Crippen molar-refractivity contribution >= 4 is 29.1 Å². The van der Waals surface area contributed by atoms with Gasteiger partial charge in [-0.1, -0.05) is 42.1 Å². The van der Waals surface area contributed by atoms with E-state index in [1.165, 1.54) is 19.3 Å². The van der Waals surface area contributed by atoms with E-state index in [4.69, 9.17) is 23.2 Å². The van der Waals surface area contributed by atoms with E-state index >= 15 is 0 Å². The average Bonchev–Trinajstić information content (AvgIpc) is 3.04. The second-order valence-corrected chi connectivity index (χ2v) is 7.60. The van der Waals surface area contributed by atoms with Crippen LogP contribution in [0.2, 0.25) is 10.0 Å². The van der Waals surface area contributed by atoms with Crippen LogP contribution in [0.4, 0.5) is 0 Å². The highest BCUT2D eigenvalue weighted by Crippen LogP contribution is 2.42. The second kappa shape index (κ2) is 7.00. The van der Waals surface area contributed by atoms with Crippen LogP contribution in [-0.4, -0.2) is 29.9 Å². The fraction of sp³-hybridized carbons (Fsp3) is 0.611. The van der Waals surface area contributed by atoms with Crippen molar-refractivity contribution in [1.82, 2.24) is 10.2 Å². The van der Waals surface area contributed by atoms with Crippen molar-refractivity contribution in [1.29, 1.82) is 0 Å². The maximum Gasteiger partial charge on any atom is 0.217 e. The predicted octanol–water partition coefficient (Wildman–Crippen LogP) is 4.36. The number of hydrogen-bond donors (Lipinski definition) is 1. The maximum atomic E-state index is 12.0. The maximum absolute atomic E-state index is 12.0. The molecule has 0 spiro atoms. The van der Waals surface area contributed by atoms with Gasteiger partial charge < -0.3 is 5.32 Å². The molecule has 3 nitrogen and oxygen atoms in total. The van der Waals surface area contributed by atoms with Crippen LogP contribution in [0.5, 0.6) is 0 Å².